The number of ether oxygens (including phenoxy) is 1. The minimum absolute atomic E-state index is 0.00954. The van der Waals surface area contributed by atoms with Crippen LogP contribution < -0.4 is 0 Å². The van der Waals surface area contributed by atoms with Crippen molar-refractivity contribution in [2.45, 2.75) is 70.9 Å². The van der Waals surface area contributed by atoms with E-state index in [1.54, 1.807) is 0 Å². The predicted octanol–water partition coefficient (Wildman–Crippen LogP) is 2.59. The van der Waals surface area contributed by atoms with Crippen LogP contribution >= 0.6 is 0 Å². The molecule has 4 nitrogen and oxygen atoms in total. The summed E-state index contributed by atoms with van der Waals surface area (Å²) in [6, 6.07) is 0.680. The largest absolute Gasteiger partial charge is 0.466 e. The summed E-state index contributed by atoms with van der Waals surface area (Å²) in [7, 11) is 0. The molecule has 2 rings (SSSR count). The number of esters is 1. The van der Waals surface area contributed by atoms with Gasteiger partial charge >= 0.3 is 5.97 Å². The van der Waals surface area contributed by atoms with Crippen molar-refractivity contribution in [1.82, 2.24) is 4.90 Å². The van der Waals surface area contributed by atoms with Gasteiger partial charge in [-0.25, -0.2) is 0 Å². The molecule has 122 valence electrons. The lowest BCUT2D eigenvalue weighted by molar-refractivity contribution is -0.151. The van der Waals surface area contributed by atoms with Gasteiger partial charge in [-0.1, -0.05) is 13.8 Å². The molecule has 0 bridgehead atoms. The number of carbonyl (C=O) groups excluding carboxylic acids is 1. The molecule has 2 fully saturated rings. The monoisotopic (exact) mass is 297 g/mol. The van der Waals surface area contributed by atoms with Crippen molar-refractivity contribution < 1.29 is 14.6 Å². The van der Waals surface area contributed by atoms with Gasteiger partial charge in [0.15, 0.2) is 0 Å². The molecule has 0 aliphatic heterocycles. The van der Waals surface area contributed by atoms with Crippen LogP contribution in [0.3, 0.4) is 0 Å². The molecule has 0 radical (unpaired) electrons. The Morgan fingerprint density at radius 3 is 2.38 bits per heavy atom. The summed E-state index contributed by atoms with van der Waals surface area (Å²) in [5, 5.41) is 10.9. The van der Waals surface area contributed by atoms with Crippen LogP contribution in [0.2, 0.25) is 0 Å². The number of carbonyl (C=O) groups is 1. The van der Waals surface area contributed by atoms with Gasteiger partial charge in [0.25, 0.3) is 0 Å². The first-order valence-electron chi connectivity index (χ1n) is 8.56. The van der Waals surface area contributed by atoms with Gasteiger partial charge in [-0.15, -0.1) is 0 Å². The topological polar surface area (TPSA) is 49.8 Å². The minimum Gasteiger partial charge on any atom is -0.466 e. The molecule has 2 saturated carbocycles. The van der Waals surface area contributed by atoms with E-state index in [4.69, 9.17) is 4.74 Å². The molecule has 0 amide bonds. The molecule has 2 aliphatic rings. The van der Waals surface area contributed by atoms with E-state index in [0.29, 0.717) is 18.6 Å². The Morgan fingerprint density at radius 1 is 1.29 bits per heavy atom. The van der Waals surface area contributed by atoms with Gasteiger partial charge in [-0.2, -0.15) is 0 Å². The maximum Gasteiger partial charge on any atom is 0.308 e. The second kappa shape index (κ2) is 7.10. The van der Waals surface area contributed by atoms with Gasteiger partial charge in [0.2, 0.25) is 0 Å². The van der Waals surface area contributed by atoms with E-state index >= 15 is 0 Å². The second-order valence-corrected chi connectivity index (χ2v) is 7.31. The summed E-state index contributed by atoms with van der Waals surface area (Å²) in [5.41, 5.74) is -0.611. The average Bonchev–Trinajstić information content (AvgIpc) is 3.22. The van der Waals surface area contributed by atoms with Gasteiger partial charge in [-0.3, -0.25) is 9.69 Å². The Bertz CT molecular complexity index is 344. The molecule has 0 aromatic heterocycles. The molecule has 21 heavy (non-hydrogen) atoms. The van der Waals surface area contributed by atoms with E-state index in [2.05, 4.69) is 18.7 Å². The number of hydrogen-bond acceptors (Lipinski definition) is 4. The van der Waals surface area contributed by atoms with E-state index < -0.39 is 5.60 Å². The molecule has 2 aliphatic carbocycles. The minimum atomic E-state index is -0.611. The smallest absolute Gasteiger partial charge is 0.308 e. The van der Waals surface area contributed by atoms with Crippen molar-refractivity contribution in [3.05, 3.63) is 0 Å². The lowest BCUT2D eigenvalue weighted by Crippen LogP contribution is -2.48. The van der Waals surface area contributed by atoms with E-state index in [9.17, 15) is 9.90 Å². The van der Waals surface area contributed by atoms with Crippen LogP contribution in [-0.2, 0) is 9.53 Å². The zero-order valence-electron chi connectivity index (χ0n) is 13.8. The van der Waals surface area contributed by atoms with Crippen molar-refractivity contribution in [3.63, 3.8) is 0 Å². The molecule has 0 heterocycles. The van der Waals surface area contributed by atoms with Crippen molar-refractivity contribution in [2.75, 3.05) is 19.7 Å². The highest BCUT2D eigenvalue weighted by Crippen LogP contribution is 2.36. The van der Waals surface area contributed by atoms with E-state index in [1.165, 1.54) is 12.8 Å². The standard InChI is InChI=1S/C17H31NO3/c1-4-21-16(19)14-7-9-17(20,10-8-14)12-18(11-13(2)3)15-5-6-15/h13-15,20H,4-12H2,1-3H3. The summed E-state index contributed by atoms with van der Waals surface area (Å²) in [4.78, 5) is 14.2. The highest BCUT2D eigenvalue weighted by Gasteiger charge is 2.40. The predicted molar refractivity (Wildman–Crippen MR) is 83.0 cm³/mol. The van der Waals surface area contributed by atoms with Crippen LogP contribution in [0.5, 0.6) is 0 Å². The Morgan fingerprint density at radius 2 is 1.90 bits per heavy atom. The fourth-order valence-corrected chi connectivity index (χ4v) is 3.44. The third kappa shape index (κ3) is 4.96. The lowest BCUT2D eigenvalue weighted by Gasteiger charge is -2.39. The molecule has 0 saturated heterocycles. The Kier molecular flexibility index (Phi) is 5.67. The first-order chi connectivity index (χ1) is 9.93. The van der Waals surface area contributed by atoms with Crippen molar-refractivity contribution in [2.24, 2.45) is 11.8 Å². The first-order valence-corrected chi connectivity index (χ1v) is 8.56. The van der Waals surface area contributed by atoms with Gasteiger partial charge in [0, 0.05) is 19.1 Å². The zero-order chi connectivity index (χ0) is 15.5. The highest BCUT2D eigenvalue weighted by molar-refractivity contribution is 5.72. The molecule has 0 unspecified atom stereocenters. The fourth-order valence-electron chi connectivity index (χ4n) is 3.44. The van der Waals surface area contributed by atoms with Crippen LogP contribution in [0.1, 0.15) is 59.3 Å². The molecule has 0 aromatic rings. The molecule has 4 heteroatoms. The van der Waals surface area contributed by atoms with Crippen molar-refractivity contribution in [3.8, 4) is 0 Å². The Balaban J connectivity index is 1.84. The first kappa shape index (κ1) is 16.8. The number of rotatable bonds is 7. The van der Waals surface area contributed by atoms with Gasteiger partial charge in [0.05, 0.1) is 18.1 Å². The third-order valence-corrected chi connectivity index (χ3v) is 4.70. The zero-order valence-corrected chi connectivity index (χ0v) is 13.8. The van der Waals surface area contributed by atoms with E-state index in [0.717, 1.165) is 38.8 Å². The summed E-state index contributed by atoms with van der Waals surface area (Å²) in [5.74, 6) is 0.538. The normalized spacial score (nSPS) is 29.9. The molecular formula is C17H31NO3. The van der Waals surface area contributed by atoms with Gasteiger partial charge in [0.1, 0.15) is 0 Å². The summed E-state index contributed by atoms with van der Waals surface area (Å²) in [6.45, 7) is 8.59. The number of hydrogen-bond donors (Lipinski definition) is 1. The maximum atomic E-state index is 11.8. The molecule has 1 N–H and O–H groups in total. The van der Waals surface area contributed by atoms with E-state index in [-0.39, 0.29) is 11.9 Å². The third-order valence-electron chi connectivity index (χ3n) is 4.70. The van der Waals surface area contributed by atoms with Crippen LogP contribution in [0.15, 0.2) is 0 Å². The SMILES string of the molecule is CCOC(=O)C1CCC(O)(CN(CC(C)C)C2CC2)CC1. The average molecular weight is 297 g/mol. The van der Waals surface area contributed by atoms with Crippen LogP contribution in [0.4, 0.5) is 0 Å². The van der Waals surface area contributed by atoms with Crippen LogP contribution in [0, 0.1) is 11.8 Å². The Hall–Kier alpha value is -0.610. The fraction of sp³-hybridized carbons (Fsp3) is 0.941. The van der Waals surface area contributed by atoms with Gasteiger partial charge < -0.3 is 9.84 Å². The van der Waals surface area contributed by atoms with Crippen molar-refractivity contribution in [1.29, 1.82) is 0 Å². The van der Waals surface area contributed by atoms with Crippen LogP contribution in [0.25, 0.3) is 0 Å². The van der Waals surface area contributed by atoms with Gasteiger partial charge in [-0.05, 0) is 51.4 Å². The molecule has 0 spiro atoms. The maximum absolute atomic E-state index is 11.8. The van der Waals surface area contributed by atoms with Crippen molar-refractivity contribution >= 4 is 5.97 Å². The summed E-state index contributed by atoms with van der Waals surface area (Å²) >= 11 is 0. The lowest BCUT2D eigenvalue weighted by atomic mass is 9.78. The highest BCUT2D eigenvalue weighted by atomic mass is 16.5. The molecule has 0 atom stereocenters. The Labute approximate surface area is 128 Å². The summed E-state index contributed by atoms with van der Waals surface area (Å²) < 4.78 is 5.10. The summed E-state index contributed by atoms with van der Waals surface area (Å²) in [6.07, 6.45) is 5.50. The van der Waals surface area contributed by atoms with Crippen LogP contribution in [-0.4, -0.2) is 47.3 Å². The van der Waals surface area contributed by atoms with E-state index in [1.807, 2.05) is 6.92 Å². The number of nitrogens with zero attached hydrogens (tertiary/aromatic N) is 1. The quantitative estimate of drug-likeness (QED) is 0.734. The number of aliphatic hydroxyl groups is 1. The molecular weight excluding hydrogens is 266 g/mol. The second-order valence-electron chi connectivity index (χ2n) is 7.31. The molecule has 0 aromatic carbocycles.